The Balaban J connectivity index is 2.06. The van der Waals surface area contributed by atoms with Crippen molar-refractivity contribution in [2.24, 2.45) is 0 Å². The van der Waals surface area contributed by atoms with Gasteiger partial charge in [-0.05, 0) is 24.1 Å². The van der Waals surface area contributed by atoms with E-state index >= 15 is 0 Å². The molecule has 2 unspecified atom stereocenters. The standard InChI is InChI=1S/C11H13BrN2O2/c1-16-11(15)10-6-9(13-14-10)7-3-2-4-8(12)5-7/h2-5,9-10,13-14H,6H2,1H3. The Kier molecular flexibility index (Phi) is 3.58. The number of hydrazine groups is 1. The van der Waals surface area contributed by atoms with E-state index in [4.69, 9.17) is 4.74 Å². The lowest BCUT2D eigenvalue weighted by molar-refractivity contribution is -0.142. The van der Waals surface area contributed by atoms with Crippen LogP contribution in [0.2, 0.25) is 0 Å². The average molecular weight is 285 g/mol. The Hall–Kier alpha value is -0.910. The molecule has 1 aliphatic rings. The second-order valence-corrected chi connectivity index (χ2v) is 4.62. The molecule has 0 radical (unpaired) electrons. The predicted molar refractivity (Wildman–Crippen MR) is 63.6 cm³/mol. The van der Waals surface area contributed by atoms with Gasteiger partial charge in [0.05, 0.1) is 7.11 Å². The first-order valence-electron chi connectivity index (χ1n) is 5.05. The average Bonchev–Trinajstić information content (AvgIpc) is 2.77. The Bertz CT molecular complexity index is 397. The molecule has 86 valence electrons. The number of halogens is 1. The summed E-state index contributed by atoms with van der Waals surface area (Å²) in [7, 11) is 1.40. The van der Waals surface area contributed by atoms with Gasteiger partial charge in [0.15, 0.2) is 0 Å². The van der Waals surface area contributed by atoms with Gasteiger partial charge in [-0.15, -0.1) is 0 Å². The largest absolute Gasteiger partial charge is 0.468 e. The van der Waals surface area contributed by atoms with Crippen molar-refractivity contribution in [1.82, 2.24) is 10.9 Å². The zero-order chi connectivity index (χ0) is 11.5. The maximum atomic E-state index is 11.3. The molecule has 0 aliphatic carbocycles. The molecule has 1 aromatic carbocycles. The number of rotatable bonds is 2. The molecule has 0 bridgehead atoms. The van der Waals surface area contributed by atoms with Gasteiger partial charge >= 0.3 is 5.97 Å². The van der Waals surface area contributed by atoms with Gasteiger partial charge in [0.1, 0.15) is 6.04 Å². The number of esters is 1. The molecule has 0 aromatic heterocycles. The Morgan fingerprint density at radius 1 is 1.50 bits per heavy atom. The first-order chi connectivity index (χ1) is 7.70. The van der Waals surface area contributed by atoms with Crippen molar-refractivity contribution in [2.75, 3.05) is 7.11 Å². The summed E-state index contributed by atoms with van der Waals surface area (Å²) in [5, 5.41) is 0. The predicted octanol–water partition coefficient (Wildman–Crippen LogP) is 1.53. The van der Waals surface area contributed by atoms with Crippen molar-refractivity contribution in [2.45, 2.75) is 18.5 Å². The summed E-state index contributed by atoms with van der Waals surface area (Å²) >= 11 is 3.43. The van der Waals surface area contributed by atoms with E-state index in [9.17, 15) is 4.79 Å². The minimum atomic E-state index is -0.269. The summed E-state index contributed by atoms with van der Waals surface area (Å²) in [5.74, 6) is -0.231. The summed E-state index contributed by atoms with van der Waals surface area (Å²) in [6.45, 7) is 0. The second kappa shape index (κ2) is 4.95. The van der Waals surface area contributed by atoms with Crippen LogP contribution in [-0.4, -0.2) is 19.1 Å². The molecular formula is C11H13BrN2O2. The molecule has 16 heavy (non-hydrogen) atoms. The first kappa shape index (κ1) is 11.6. The van der Waals surface area contributed by atoms with Gasteiger partial charge in [0.2, 0.25) is 0 Å². The topological polar surface area (TPSA) is 50.4 Å². The van der Waals surface area contributed by atoms with Gasteiger partial charge in [-0.25, -0.2) is 10.9 Å². The number of hydrogen-bond acceptors (Lipinski definition) is 4. The van der Waals surface area contributed by atoms with E-state index in [0.29, 0.717) is 6.42 Å². The zero-order valence-corrected chi connectivity index (χ0v) is 10.5. The fourth-order valence-electron chi connectivity index (χ4n) is 1.79. The van der Waals surface area contributed by atoms with E-state index in [0.717, 1.165) is 10.0 Å². The summed E-state index contributed by atoms with van der Waals surface area (Å²) < 4.78 is 5.73. The van der Waals surface area contributed by atoms with E-state index in [-0.39, 0.29) is 18.1 Å². The molecule has 2 N–H and O–H groups in total. The first-order valence-corrected chi connectivity index (χ1v) is 5.84. The minimum Gasteiger partial charge on any atom is -0.468 e. The molecule has 2 rings (SSSR count). The number of nitrogens with one attached hydrogen (secondary N) is 2. The fourth-order valence-corrected chi connectivity index (χ4v) is 2.21. The van der Waals surface area contributed by atoms with Crippen LogP contribution < -0.4 is 10.9 Å². The molecular weight excluding hydrogens is 272 g/mol. The molecule has 2 atom stereocenters. The van der Waals surface area contributed by atoms with Crippen LogP contribution in [0.1, 0.15) is 18.0 Å². The molecule has 1 aliphatic heterocycles. The molecule has 4 nitrogen and oxygen atoms in total. The Morgan fingerprint density at radius 3 is 3.00 bits per heavy atom. The molecule has 1 saturated heterocycles. The lowest BCUT2D eigenvalue weighted by Gasteiger charge is -2.09. The van der Waals surface area contributed by atoms with Crippen molar-refractivity contribution in [1.29, 1.82) is 0 Å². The molecule has 0 amide bonds. The van der Waals surface area contributed by atoms with Crippen molar-refractivity contribution >= 4 is 21.9 Å². The summed E-state index contributed by atoms with van der Waals surface area (Å²) in [5.41, 5.74) is 7.18. The number of carbonyl (C=O) groups excluding carboxylic acids is 1. The fraction of sp³-hybridized carbons (Fsp3) is 0.364. The third kappa shape index (κ3) is 2.42. The Labute approximate surface area is 102 Å². The van der Waals surface area contributed by atoms with Crippen LogP contribution in [0.15, 0.2) is 28.7 Å². The highest BCUT2D eigenvalue weighted by atomic mass is 79.9. The monoisotopic (exact) mass is 284 g/mol. The lowest BCUT2D eigenvalue weighted by Crippen LogP contribution is -2.36. The number of ether oxygens (including phenoxy) is 1. The summed E-state index contributed by atoms with van der Waals surface area (Å²) in [6.07, 6.45) is 0.698. The smallest absolute Gasteiger partial charge is 0.324 e. The zero-order valence-electron chi connectivity index (χ0n) is 8.87. The second-order valence-electron chi connectivity index (χ2n) is 3.71. The number of hydrogen-bond donors (Lipinski definition) is 2. The molecule has 5 heteroatoms. The summed E-state index contributed by atoms with van der Waals surface area (Å²) in [6, 6.07) is 7.90. The van der Waals surface area contributed by atoms with Gasteiger partial charge in [-0.3, -0.25) is 4.79 Å². The third-order valence-electron chi connectivity index (χ3n) is 2.64. The van der Waals surface area contributed by atoms with E-state index in [1.807, 2.05) is 24.3 Å². The van der Waals surface area contributed by atoms with Crippen molar-refractivity contribution < 1.29 is 9.53 Å². The van der Waals surface area contributed by atoms with Crippen LogP contribution >= 0.6 is 15.9 Å². The number of carbonyl (C=O) groups is 1. The van der Waals surface area contributed by atoms with Crippen LogP contribution in [-0.2, 0) is 9.53 Å². The van der Waals surface area contributed by atoms with Gasteiger partial charge in [-0.1, -0.05) is 28.1 Å². The third-order valence-corrected chi connectivity index (χ3v) is 3.13. The van der Waals surface area contributed by atoms with Crippen LogP contribution in [0.25, 0.3) is 0 Å². The molecule has 1 heterocycles. The van der Waals surface area contributed by atoms with Gasteiger partial charge in [0, 0.05) is 10.5 Å². The van der Waals surface area contributed by atoms with Crippen LogP contribution in [0.4, 0.5) is 0 Å². The van der Waals surface area contributed by atoms with E-state index in [1.165, 1.54) is 7.11 Å². The molecule has 0 spiro atoms. The van der Waals surface area contributed by atoms with Gasteiger partial charge < -0.3 is 4.74 Å². The van der Waals surface area contributed by atoms with E-state index in [1.54, 1.807) is 0 Å². The van der Waals surface area contributed by atoms with Crippen molar-refractivity contribution in [3.8, 4) is 0 Å². The maximum Gasteiger partial charge on any atom is 0.324 e. The highest BCUT2D eigenvalue weighted by molar-refractivity contribution is 9.10. The van der Waals surface area contributed by atoms with Crippen molar-refractivity contribution in [3.63, 3.8) is 0 Å². The molecule has 1 fully saturated rings. The van der Waals surface area contributed by atoms with Crippen LogP contribution in [0.3, 0.4) is 0 Å². The van der Waals surface area contributed by atoms with E-state index in [2.05, 4.69) is 26.8 Å². The van der Waals surface area contributed by atoms with E-state index < -0.39 is 0 Å². The van der Waals surface area contributed by atoms with Crippen molar-refractivity contribution in [3.05, 3.63) is 34.3 Å². The highest BCUT2D eigenvalue weighted by Crippen LogP contribution is 2.24. The normalized spacial score (nSPS) is 24.4. The SMILES string of the molecule is COC(=O)C1CC(c2cccc(Br)c2)NN1. The number of methoxy groups -OCH3 is 1. The van der Waals surface area contributed by atoms with Crippen LogP contribution in [0, 0.1) is 0 Å². The van der Waals surface area contributed by atoms with Crippen LogP contribution in [0.5, 0.6) is 0 Å². The highest BCUT2D eigenvalue weighted by Gasteiger charge is 2.30. The summed E-state index contributed by atoms with van der Waals surface area (Å²) in [4.78, 5) is 11.3. The van der Waals surface area contributed by atoms with Gasteiger partial charge in [0.25, 0.3) is 0 Å². The Morgan fingerprint density at radius 2 is 2.31 bits per heavy atom. The maximum absolute atomic E-state index is 11.3. The lowest BCUT2D eigenvalue weighted by atomic mass is 10.0. The molecule has 0 saturated carbocycles. The quantitative estimate of drug-likeness (QED) is 0.809. The number of benzene rings is 1. The molecule has 1 aromatic rings. The minimum absolute atomic E-state index is 0.140. The van der Waals surface area contributed by atoms with Gasteiger partial charge in [-0.2, -0.15) is 0 Å².